The number of hydrogen-bond donors (Lipinski definition) is 0. The average Bonchev–Trinajstić information content (AvgIpc) is 3.12. The van der Waals surface area contributed by atoms with Gasteiger partial charge >= 0.3 is 0 Å². The van der Waals surface area contributed by atoms with Gasteiger partial charge in [-0.3, -0.25) is 9.78 Å². The Morgan fingerprint density at radius 2 is 1.96 bits per heavy atom. The maximum atomic E-state index is 13.4. The number of nitrogens with zero attached hydrogens (tertiary/aromatic N) is 2. The summed E-state index contributed by atoms with van der Waals surface area (Å²) in [6.45, 7) is 0.891. The zero-order chi connectivity index (χ0) is 18.1. The number of carbonyl (C=O) groups is 1. The van der Waals surface area contributed by atoms with Crippen molar-refractivity contribution < 1.29 is 18.3 Å². The summed E-state index contributed by atoms with van der Waals surface area (Å²) in [5, 5.41) is 0.984. The van der Waals surface area contributed by atoms with Gasteiger partial charge in [0, 0.05) is 30.1 Å². The van der Waals surface area contributed by atoms with Gasteiger partial charge < -0.3 is 9.64 Å². The van der Waals surface area contributed by atoms with E-state index in [1.807, 2.05) is 30.3 Å². The third-order valence-electron chi connectivity index (χ3n) is 4.49. The van der Waals surface area contributed by atoms with Crippen LogP contribution in [0.1, 0.15) is 16.8 Å². The SMILES string of the molecule is O=C(c1ccc(F)c(F)c1)N1CCC(Oc2cccc3cccnc23)C1. The summed E-state index contributed by atoms with van der Waals surface area (Å²) in [5.41, 5.74) is 0.914. The van der Waals surface area contributed by atoms with Crippen LogP contribution < -0.4 is 4.74 Å². The molecule has 0 N–H and O–H groups in total. The summed E-state index contributed by atoms with van der Waals surface area (Å²) in [7, 11) is 0. The van der Waals surface area contributed by atoms with Crippen LogP contribution in [-0.4, -0.2) is 35.0 Å². The lowest BCUT2D eigenvalue weighted by Crippen LogP contribution is -2.31. The minimum Gasteiger partial charge on any atom is -0.486 e. The van der Waals surface area contributed by atoms with Crippen molar-refractivity contribution in [3.8, 4) is 5.75 Å². The predicted molar refractivity (Wildman–Crippen MR) is 93.0 cm³/mol. The second-order valence-corrected chi connectivity index (χ2v) is 6.24. The van der Waals surface area contributed by atoms with Crippen LogP contribution in [0.25, 0.3) is 10.9 Å². The molecule has 1 aromatic heterocycles. The predicted octanol–water partition coefficient (Wildman–Crippen LogP) is 3.81. The molecule has 4 nitrogen and oxygen atoms in total. The molecule has 2 aromatic carbocycles. The Hall–Kier alpha value is -3.02. The van der Waals surface area contributed by atoms with Crippen LogP contribution in [0.4, 0.5) is 8.78 Å². The van der Waals surface area contributed by atoms with E-state index in [1.165, 1.54) is 6.07 Å². The van der Waals surface area contributed by atoms with Crippen molar-refractivity contribution in [1.29, 1.82) is 0 Å². The Kier molecular flexibility index (Phi) is 4.24. The van der Waals surface area contributed by atoms with Gasteiger partial charge in [-0.1, -0.05) is 18.2 Å². The summed E-state index contributed by atoms with van der Waals surface area (Å²) < 4.78 is 32.5. The first-order valence-corrected chi connectivity index (χ1v) is 8.36. The van der Waals surface area contributed by atoms with E-state index in [2.05, 4.69) is 4.98 Å². The number of ether oxygens (including phenoxy) is 1. The summed E-state index contributed by atoms with van der Waals surface area (Å²) in [4.78, 5) is 18.4. The quantitative estimate of drug-likeness (QED) is 0.718. The van der Waals surface area contributed by atoms with Crippen LogP contribution in [0.5, 0.6) is 5.75 Å². The minimum atomic E-state index is -1.02. The number of halogens is 2. The van der Waals surface area contributed by atoms with Gasteiger partial charge in [0.25, 0.3) is 5.91 Å². The molecule has 1 atom stereocenters. The Morgan fingerprint density at radius 3 is 2.81 bits per heavy atom. The van der Waals surface area contributed by atoms with Gasteiger partial charge in [-0.05, 0) is 30.3 Å². The Balaban J connectivity index is 1.48. The van der Waals surface area contributed by atoms with Gasteiger partial charge in [0.1, 0.15) is 17.4 Å². The van der Waals surface area contributed by atoms with E-state index in [-0.39, 0.29) is 17.6 Å². The molecule has 0 spiro atoms. The smallest absolute Gasteiger partial charge is 0.254 e. The maximum Gasteiger partial charge on any atom is 0.254 e. The molecule has 132 valence electrons. The Labute approximate surface area is 149 Å². The lowest BCUT2D eigenvalue weighted by atomic mass is 10.2. The Bertz CT molecular complexity index is 972. The normalized spacial score (nSPS) is 16.8. The maximum absolute atomic E-state index is 13.4. The molecule has 0 radical (unpaired) electrons. The highest BCUT2D eigenvalue weighted by Gasteiger charge is 2.29. The van der Waals surface area contributed by atoms with E-state index >= 15 is 0 Å². The second-order valence-electron chi connectivity index (χ2n) is 6.24. The standard InChI is InChI=1S/C20H16F2N2O2/c21-16-7-6-14(11-17(16)22)20(25)24-10-8-15(12-24)26-18-5-1-3-13-4-2-9-23-19(13)18/h1-7,9,11,15H,8,10,12H2. The number of aromatic nitrogens is 1. The third kappa shape index (κ3) is 3.10. The van der Waals surface area contributed by atoms with Crippen LogP contribution in [0.2, 0.25) is 0 Å². The average molecular weight is 354 g/mol. The molecular weight excluding hydrogens is 338 g/mol. The highest BCUT2D eigenvalue weighted by molar-refractivity contribution is 5.94. The fraction of sp³-hybridized carbons (Fsp3) is 0.200. The largest absolute Gasteiger partial charge is 0.486 e. The number of hydrogen-bond acceptors (Lipinski definition) is 3. The van der Waals surface area contributed by atoms with Gasteiger partial charge in [0.05, 0.1) is 6.54 Å². The van der Waals surface area contributed by atoms with Crippen molar-refractivity contribution >= 4 is 16.8 Å². The fourth-order valence-corrected chi connectivity index (χ4v) is 3.17. The lowest BCUT2D eigenvalue weighted by Gasteiger charge is -2.18. The highest BCUT2D eigenvalue weighted by atomic mass is 19.2. The minimum absolute atomic E-state index is 0.136. The van der Waals surface area contributed by atoms with E-state index in [4.69, 9.17) is 4.74 Å². The number of fused-ring (bicyclic) bond motifs is 1. The molecule has 2 heterocycles. The van der Waals surface area contributed by atoms with E-state index in [9.17, 15) is 13.6 Å². The van der Waals surface area contributed by atoms with Crippen LogP contribution in [-0.2, 0) is 0 Å². The zero-order valence-electron chi connectivity index (χ0n) is 13.9. The van der Waals surface area contributed by atoms with Crippen molar-refractivity contribution in [2.75, 3.05) is 13.1 Å². The number of pyridine rings is 1. The summed E-state index contributed by atoms with van der Waals surface area (Å²) in [6, 6.07) is 12.7. The molecule has 1 unspecified atom stereocenters. The topological polar surface area (TPSA) is 42.4 Å². The molecule has 6 heteroatoms. The van der Waals surface area contributed by atoms with Gasteiger partial charge in [0.2, 0.25) is 0 Å². The van der Waals surface area contributed by atoms with Crippen molar-refractivity contribution in [1.82, 2.24) is 9.88 Å². The van der Waals surface area contributed by atoms with E-state index in [0.29, 0.717) is 25.3 Å². The molecule has 1 amide bonds. The highest BCUT2D eigenvalue weighted by Crippen LogP contribution is 2.26. The van der Waals surface area contributed by atoms with Gasteiger partial charge in [-0.15, -0.1) is 0 Å². The first-order chi connectivity index (χ1) is 12.6. The van der Waals surface area contributed by atoms with Crippen LogP contribution in [0.15, 0.2) is 54.7 Å². The molecule has 1 saturated heterocycles. The van der Waals surface area contributed by atoms with Crippen molar-refractivity contribution in [3.63, 3.8) is 0 Å². The molecule has 0 bridgehead atoms. The zero-order valence-corrected chi connectivity index (χ0v) is 13.9. The van der Waals surface area contributed by atoms with Gasteiger partial charge in [0.15, 0.2) is 11.6 Å². The van der Waals surface area contributed by atoms with Gasteiger partial charge in [-0.25, -0.2) is 8.78 Å². The first-order valence-electron chi connectivity index (χ1n) is 8.36. The number of rotatable bonds is 3. The molecule has 0 saturated carbocycles. The van der Waals surface area contributed by atoms with Crippen LogP contribution in [0.3, 0.4) is 0 Å². The Morgan fingerprint density at radius 1 is 1.12 bits per heavy atom. The summed E-state index contributed by atoms with van der Waals surface area (Å²) in [5.74, 6) is -1.64. The van der Waals surface area contributed by atoms with Crippen molar-refractivity contribution in [3.05, 3.63) is 71.9 Å². The third-order valence-corrected chi connectivity index (χ3v) is 4.49. The second kappa shape index (κ2) is 6.71. The monoisotopic (exact) mass is 354 g/mol. The van der Waals surface area contributed by atoms with Crippen LogP contribution in [0, 0.1) is 11.6 Å². The number of amides is 1. The fourth-order valence-electron chi connectivity index (χ4n) is 3.17. The summed E-state index contributed by atoms with van der Waals surface area (Å²) in [6.07, 6.45) is 2.21. The molecule has 1 aliphatic heterocycles. The summed E-state index contributed by atoms with van der Waals surface area (Å²) >= 11 is 0. The molecule has 1 aliphatic rings. The number of likely N-dealkylation sites (tertiary alicyclic amines) is 1. The lowest BCUT2D eigenvalue weighted by molar-refractivity contribution is 0.0772. The molecular formula is C20H16F2N2O2. The molecule has 1 fully saturated rings. The molecule has 4 rings (SSSR count). The van der Waals surface area contributed by atoms with Crippen LogP contribution >= 0.6 is 0 Å². The number of carbonyl (C=O) groups excluding carboxylic acids is 1. The molecule has 26 heavy (non-hydrogen) atoms. The first kappa shape index (κ1) is 16.4. The van der Waals surface area contributed by atoms with E-state index < -0.39 is 11.6 Å². The van der Waals surface area contributed by atoms with Crippen molar-refractivity contribution in [2.24, 2.45) is 0 Å². The van der Waals surface area contributed by atoms with Gasteiger partial charge in [-0.2, -0.15) is 0 Å². The molecule has 0 aliphatic carbocycles. The number of para-hydroxylation sites is 1. The van der Waals surface area contributed by atoms with E-state index in [1.54, 1.807) is 11.1 Å². The molecule has 3 aromatic rings. The van der Waals surface area contributed by atoms with E-state index in [0.717, 1.165) is 23.0 Å². The number of benzene rings is 2. The van der Waals surface area contributed by atoms with Crippen molar-refractivity contribution in [2.45, 2.75) is 12.5 Å².